The van der Waals surface area contributed by atoms with E-state index in [2.05, 4.69) is 36.4 Å². The zero-order valence-corrected chi connectivity index (χ0v) is 19.8. The summed E-state index contributed by atoms with van der Waals surface area (Å²) in [6.45, 7) is 4.38. The summed E-state index contributed by atoms with van der Waals surface area (Å²) in [6, 6.07) is 0. The fraction of sp³-hybridized carbons (Fsp3) is 0.957. The normalized spacial score (nSPS) is 13.7. The van der Waals surface area contributed by atoms with Crippen molar-refractivity contribution < 1.29 is 9.90 Å². The number of alkyl halides is 1. The first-order valence-corrected chi connectivity index (χ1v) is 12.7. The molecule has 0 aromatic carbocycles. The first kappa shape index (κ1) is 26.4. The van der Waals surface area contributed by atoms with Gasteiger partial charge in [0, 0.05) is 16.8 Å². The Hall–Kier alpha value is 0.360. The minimum atomic E-state index is -0.140. The molecular formula is C23H45IO2. The smallest absolute Gasteiger partial charge is 0.132 e. The lowest BCUT2D eigenvalue weighted by Gasteiger charge is -2.16. The van der Waals surface area contributed by atoms with Crippen LogP contribution in [0.2, 0.25) is 0 Å². The van der Waals surface area contributed by atoms with E-state index < -0.39 is 0 Å². The average molecular weight is 481 g/mol. The Labute approximate surface area is 177 Å². The summed E-state index contributed by atoms with van der Waals surface area (Å²) in [5.41, 5.74) is 0. The quantitative estimate of drug-likeness (QED) is 0.110. The summed E-state index contributed by atoms with van der Waals surface area (Å²) in [5.74, 6) is 0.470. The number of aliphatic hydroxyl groups excluding tert-OH is 1. The molecule has 3 heteroatoms. The van der Waals surface area contributed by atoms with Crippen LogP contribution in [0.25, 0.3) is 0 Å². The van der Waals surface area contributed by atoms with E-state index in [0.29, 0.717) is 9.71 Å². The lowest BCUT2D eigenvalue weighted by molar-refractivity contribution is -0.119. The lowest BCUT2D eigenvalue weighted by atomic mass is 10.0. The number of hydrogen-bond donors (Lipinski definition) is 1. The van der Waals surface area contributed by atoms with Gasteiger partial charge in [-0.2, -0.15) is 0 Å². The molecule has 0 aromatic rings. The topological polar surface area (TPSA) is 37.3 Å². The van der Waals surface area contributed by atoms with Crippen LogP contribution in [0, 0.1) is 0 Å². The van der Waals surface area contributed by atoms with Crippen molar-refractivity contribution in [3.63, 3.8) is 0 Å². The van der Waals surface area contributed by atoms with Gasteiger partial charge in [-0.05, 0) is 25.7 Å². The van der Waals surface area contributed by atoms with Gasteiger partial charge in [0.05, 0.1) is 6.10 Å². The lowest BCUT2D eigenvalue weighted by Crippen LogP contribution is -2.19. The maximum atomic E-state index is 11.9. The van der Waals surface area contributed by atoms with Crippen LogP contribution in [0.15, 0.2) is 0 Å². The molecule has 1 N–H and O–H groups in total. The van der Waals surface area contributed by atoms with Crippen LogP contribution in [0.1, 0.15) is 129 Å². The Morgan fingerprint density at radius 2 is 1.15 bits per heavy atom. The molecule has 0 spiro atoms. The molecule has 2 nitrogen and oxygen atoms in total. The molecule has 0 aliphatic heterocycles. The number of hydrogen-bond acceptors (Lipinski definition) is 2. The van der Waals surface area contributed by atoms with Gasteiger partial charge in [0.15, 0.2) is 0 Å². The molecule has 0 bridgehead atoms. The minimum Gasteiger partial charge on any atom is -0.392 e. The van der Waals surface area contributed by atoms with Crippen LogP contribution in [-0.2, 0) is 4.79 Å². The standard InChI is InChI=1S/C23H45IO2/c1-3-5-6-7-8-9-10-11-14-18-21(25)19-15-12-13-16-20-22(24)23(26)17-4-2/h22-23,26H,3-20H2,1-2H3. The highest BCUT2D eigenvalue weighted by atomic mass is 127. The molecule has 2 atom stereocenters. The molecule has 0 aromatic heterocycles. The van der Waals surface area contributed by atoms with Crippen molar-refractivity contribution in [2.45, 2.75) is 139 Å². The summed E-state index contributed by atoms with van der Waals surface area (Å²) >= 11 is 2.39. The highest BCUT2D eigenvalue weighted by Gasteiger charge is 2.14. The van der Waals surface area contributed by atoms with Crippen LogP contribution in [0.5, 0.6) is 0 Å². The van der Waals surface area contributed by atoms with Gasteiger partial charge in [0.1, 0.15) is 5.78 Å². The largest absolute Gasteiger partial charge is 0.392 e. The van der Waals surface area contributed by atoms with Crippen molar-refractivity contribution in [3.8, 4) is 0 Å². The van der Waals surface area contributed by atoms with Crippen LogP contribution >= 0.6 is 22.6 Å². The van der Waals surface area contributed by atoms with Crippen molar-refractivity contribution in [3.05, 3.63) is 0 Å². The molecule has 0 amide bonds. The number of Topliss-reactive ketones (excluding diaryl/α,β-unsaturated/α-hetero) is 1. The van der Waals surface area contributed by atoms with Crippen LogP contribution in [-0.4, -0.2) is 20.9 Å². The fourth-order valence-electron chi connectivity index (χ4n) is 3.44. The Morgan fingerprint density at radius 3 is 1.65 bits per heavy atom. The monoisotopic (exact) mass is 480 g/mol. The molecular weight excluding hydrogens is 435 g/mol. The van der Waals surface area contributed by atoms with Gasteiger partial charge < -0.3 is 5.11 Å². The number of halogens is 1. The van der Waals surface area contributed by atoms with Crippen LogP contribution in [0.3, 0.4) is 0 Å². The van der Waals surface area contributed by atoms with E-state index in [1.165, 1.54) is 64.2 Å². The molecule has 0 radical (unpaired) electrons. The number of carbonyl (C=O) groups excluding carboxylic acids is 1. The maximum Gasteiger partial charge on any atom is 0.132 e. The second-order valence-electron chi connectivity index (χ2n) is 7.94. The average Bonchev–Trinajstić information content (AvgIpc) is 2.63. The Bertz CT molecular complexity index is 307. The number of rotatable bonds is 20. The Balaban J connectivity index is 3.32. The summed E-state index contributed by atoms with van der Waals surface area (Å²) < 4.78 is 0.390. The third-order valence-corrected chi connectivity index (χ3v) is 6.70. The molecule has 2 unspecified atom stereocenters. The number of carbonyl (C=O) groups is 1. The van der Waals surface area contributed by atoms with Gasteiger partial charge in [0.25, 0.3) is 0 Å². The van der Waals surface area contributed by atoms with Gasteiger partial charge >= 0.3 is 0 Å². The first-order valence-electron chi connectivity index (χ1n) is 11.5. The number of ketones is 1. The Morgan fingerprint density at radius 1 is 0.692 bits per heavy atom. The van der Waals surface area contributed by atoms with Gasteiger partial charge in [-0.3, -0.25) is 4.79 Å². The SMILES string of the molecule is CCCCCCCCCCCC(=O)CCCCCCC(I)C(O)CCC. The van der Waals surface area contributed by atoms with Crippen LogP contribution in [0.4, 0.5) is 0 Å². The zero-order chi connectivity index (χ0) is 19.5. The van der Waals surface area contributed by atoms with E-state index in [4.69, 9.17) is 0 Å². The van der Waals surface area contributed by atoms with E-state index in [1.807, 2.05) is 0 Å². The molecule has 0 fully saturated rings. The minimum absolute atomic E-state index is 0.140. The first-order chi connectivity index (χ1) is 12.6. The van der Waals surface area contributed by atoms with E-state index in [-0.39, 0.29) is 6.10 Å². The molecule has 26 heavy (non-hydrogen) atoms. The molecule has 0 heterocycles. The second kappa shape index (κ2) is 20.1. The van der Waals surface area contributed by atoms with Crippen molar-refractivity contribution in [2.75, 3.05) is 0 Å². The molecule has 0 aliphatic carbocycles. The molecule has 0 saturated carbocycles. The highest BCUT2D eigenvalue weighted by molar-refractivity contribution is 14.1. The zero-order valence-electron chi connectivity index (χ0n) is 17.6. The van der Waals surface area contributed by atoms with Gasteiger partial charge in [-0.15, -0.1) is 0 Å². The van der Waals surface area contributed by atoms with Gasteiger partial charge in [-0.1, -0.05) is 113 Å². The predicted octanol–water partition coefficient (Wildman–Crippen LogP) is 7.78. The molecule has 0 saturated heterocycles. The highest BCUT2D eigenvalue weighted by Crippen LogP contribution is 2.19. The molecule has 156 valence electrons. The molecule has 0 aliphatic rings. The Kier molecular flexibility index (Phi) is 20.4. The third-order valence-electron chi connectivity index (χ3n) is 5.25. The van der Waals surface area contributed by atoms with E-state index in [1.54, 1.807) is 0 Å². The summed E-state index contributed by atoms with van der Waals surface area (Å²) in [4.78, 5) is 11.9. The molecule has 0 rings (SSSR count). The van der Waals surface area contributed by atoms with E-state index >= 15 is 0 Å². The van der Waals surface area contributed by atoms with Gasteiger partial charge in [0.2, 0.25) is 0 Å². The second-order valence-corrected chi connectivity index (χ2v) is 9.54. The van der Waals surface area contributed by atoms with Crippen molar-refractivity contribution >= 4 is 28.4 Å². The van der Waals surface area contributed by atoms with Crippen molar-refractivity contribution in [2.24, 2.45) is 0 Å². The fourth-order valence-corrected chi connectivity index (χ4v) is 4.24. The van der Waals surface area contributed by atoms with Gasteiger partial charge in [-0.25, -0.2) is 0 Å². The maximum absolute atomic E-state index is 11.9. The number of aliphatic hydroxyl groups is 1. The summed E-state index contributed by atoms with van der Waals surface area (Å²) in [6.07, 6.45) is 21.0. The number of unbranched alkanes of at least 4 members (excludes halogenated alkanes) is 11. The van der Waals surface area contributed by atoms with Crippen LogP contribution < -0.4 is 0 Å². The van der Waals surface area contributed by atoms with Crippen molar-refractivity contribution in [1.29, 1.82) is 0 Å². The van der Waals surface area contributed by atoms with E-state index in [9.17, 15) is 9.90 Å². The van der Waals surface area contributed by atoms with Crippen molar-refractivity contribution in [1.82, 2.24) is 0 Å². The predicted molar refractivity (Wildman–Crippen MR) is 123 cm³/mol. The van der Waals surface area contributed by atoms with E-state index in [0.717, 1.165) is 51.4 Å². The summed E-state index contributed by atoms with van der Waals surface area (Å²) in [5, 5.41) is 9.93. The summed E-state index contributed by atoms with van der Waals surface area (Å²) in [7, 11) is 0. The third kappa shape index (κ3) is 17.8.